The Morgan fingerprint density at radius 1 is 1.28 bits per heavy atom. The summed E-state index contributed by atoms with van der Waals surface area (Å²) in [7, 11) is 1.55. The average Bonchev–Trinajstić information content (AvgIpc) is 3.17. The second-order valence-electron chi connectivity index (χ2n) is 6.89. The first-order valence-electron chi connectivity index (χ1n) is 10.7. The van der Waals surface area contributed by atoms with Crippen LogP contribution in [0, 0.1) is 23.7 Å². The zero-order valence-corrected chi connectivity index (χ0v) is 20.7. The summed E-state index contributed by atoms with van der Waals surface area (Å²) >= 11 is 1.04. The van der Waals surface area contributed by atoms with Crippen LogP contribution in [0.1, 0.15) is 6.92 Å². The predicted octanol–water partition coefficient (Wildman–Crippen LogP) is 0.115. The number of ether oxygens (including phenoxy) is 2. The number of carbonyl (C=O) groups excluding carboxylic acids is 2. The Morgan fingerprint density at radius 3 is 2.75 bits per heavy atom. The van der Waals surface area contributed by atoms with E-state index in [1.807, 2.05) is 0 Å². The van der Waals surface area contributed by atoms with Crippen LogP contribution in [0.4, 0.5) is 11.4 Å². The number of anilines is 2. The number of benzene rings is 1. The number of amides is 2. The van der Waals surface area contributed by atoms with Crippen LogP contribution in [-0.2, 0) is 25.6 Å². The molecular formula is C25H25N5O5S. The fourth-order valence-corrected chi connectivity index (χ4v) is 3.70. The zero-order valence-electron chi connectivity index (χ0n) is 19.8. The molecule has 0 fully saturated rings. The van der Waals surface area contributed by atoms with Gasteiger partial charge in [-0.25, -0.2) is 0 Å². The lowest BCUT2D eigenvalue weighted by Crippen LogP contribution is -2.30. The molecule has 0 aliphatic carbocycles. The molecule has 2 aromatic rings. The van der Waals surface area contributed by atoms with Crippen LogP contribution in [0.5, 0.6) is 0 Å². The molecule has 10 nitrogen and oxygen atoms in total. The fraction of sp³-hybridized carbons (Fsp3) is 0.280. The topological polar surface area (TPSA) is 134 Å². The predicted molar refractivity (Wildman–Crippen MR) is 137 cm³/mol. The van der Waals surface area contributed by atoms with Gasteiger partial charge in [-0.2, -0.15) is 5.26 Å². The highest BCUT2D eigenvalue weighted by atomic mass is 32.1. The first-order valence-corrected chi connectivity index (χ1v) is 11.6. The molecule has 186 valence electrons. The number of nitrogens with zero attached hydrogens (tertiary/aromatic N) is 2. The van der Waals surface area contributed by atoms with Crippen molar-refractivity contribution in [3.63, 3.8) is 0 Å². The number of hydrogen-bond acceptors (Lipinski definition) is 8. The normalized spacial score (nSPS) is 9.67. The van der Waals surface area contributed by atoms with Gasteiger partial charge < -0.3 is 25.4 Å². The summed E-state index contributed by atoms with van der Waals surface area (Å²) in [6.45, 7) is 2.67. The molecule has 0 unspecified atom stereocenters. The van der Waals surface area contributed by atoms with E-state index in [0.29, 0.717) is 35.8 Å². The maximum absolute atomic E-state index is 12.7. The van der Waals surface area contributed by atoms with E-state index in [1.54, 1.807) is 44.4 Å². The van der Waals surface area contributed by atoms with Gasteiger partial charge in [-0.15, -0.1) is 6.42 Å². The van der Waals surface area contributed by atoms with Crippen molar-refractivity contribution in [3.8, 4) is 18.4 Å². The van der Waals surface area contributed by atoms with Gasteiger partial charge in [-0.05, 0) is 25.1 Å². The van der Waals surface area contributed by atoms with E-state index in [1.165, 1.54) is 10.8 Å². The molecule has 0 atom stereocenters. The third-order valence-corrected chi connectivity index (χ3v) is 5.39. The Hall–Kier alpha value is -4.34. The Bertz CT molecular complexity index is 1430. The lowest BCUT2D eigenvalue weighted by Gasteiger charge is -2.07. The maximum atomic E-state index is 12.7. The quantitative estimate of drug-likeness (QED) is 0.170. The van der Waals surface area contributed by atoms with Gasteiger partial charge in [0.15, 0.2) is 5.57 Å². The first-order chi connectivity index (χ1) is 17.4. The minimum absolute atomic E-state index is 0.0306. The van der Waals surface area contributed by atoms with Gasteiger partial charge in [0, 0.05) is 31.2 Å². The molecule has 0 bridgehead atoms. The number of carbonyl (C=O) groups is 2. The molecule has 0 saturated heterocycles. The molecule has 1 aromatic carbocycles. The van der Waals surface area contributed by atoms with Gasteiger partial charge >= 0.3 is 0 Å². The van der Waals surface area contributed by atoms with Crippen molar-refractivity contribution in [2.75, 3.05) is 44.1 Å². The van der Waals surface area contributed by atoms with Crippen molar-refractivity contribution in [2.45, 2.75) is 13.5 Å². The van der Waals surface area contributed by atoms with Gasteiger partial charge in [-0.1, -0.05) is 34.8 Å². The number of methoxy groups -OCH3 is 1. The number of rotatable bonds is 11. The summed E-state index contributed by atoms with van der Waals surface area (Å²) < 4.78 is 12.0. The third kappa shape index (κ3) is 8.46. The average molecular weight is 508 g/mol. The molecule has 0 spiro atoms. The van der Waals surface area contributed by atoms with Crippen molar-refractivity contribution >= 4 is 46.0 Å². The van der Waals surface area contributed by atoms with E-state index in [4.69, 9.17) is 15.9 Å². The molecular weight excluding hydrogens is 482 g/mol. The van der Waals surface area contributed by atoms with Crippen LogP contribution >= 0.6 is 11.3 Å². The lowest BCUT2D eigenvalue weighted by molar-refractivity contribution is -0.121. The van der Waals surface area contributed by atoms with Crippen molar-refractivity contribution < 1.29 is 19.1 Å². The van der Waals surface area contributed by atoms with Crippen molar-refractivity contribution in [2.24, 2.45) is 0 Å². The molecule has 36 heavy (non-hydrogen) atoms. The first kappa shape index (κ1) is 27.9. The van der Waals surface area contributed by atoms with Crippen molar-refractivity contribution in [3.05, 3.63) is 55.6 Å². The van der Waals surface area contributed by atoms with Crippen LogP contribution in [-0.4, -0.2) is 49.9 Å². The Morgan fingerprint density at radius 2 is 2.06 bits per heavy atom. The van der Waals surface area contributed by atoms with E-state index in [9.17, 15) is 19.6 Å². The smallest absolute Gasteiger partial charge is 0.277 e. The van der Waals surface area contributed by atoms with Crippen LogP contribution < -0.4 is 30.7 Å². The van der Waals surface area contributed by atoms with Gasteiger partial charge in [-0.3, -0.25) is 19.0 Å². The van der Waals surface area contributed by atoms with E-state index in [2.05, 4.69) is 33.3 Å². The molecule has 1 heterocycles. The molecule has 0 aliphatic heterocycles. The lowest BCUT2D eigenvalue weighted by atomic mass is 10.2. The second kappa shape index (κ2) is 14.8. The second-order valence-corrected chi connectivity index (χ2v) is 7.89. The van der Waals surface area contributed by atoms with E-state index in [0.717, 1.165) is 11.3 Å². The molecule has 3 N–H and O–H groups in total. The minimum atomic E-state index is -0.671. The molecule has 11 heteroatoms. The molecule has 0 aliphatic rings. The van der Waals surface area contributed by atoms with Crippen molar-refractivity contribution in [1.29, 1.82) is 5.26 Å². The number of aromatic nitrogens is 1. The molecule has 2 amide bonds. The van der Waals surface area contributed by atoms with Crippen LogP contribution in [0.15, 0.2) is 40.8 Å². The number of thiazole rings is 1. The summed E-state index contributed by atoms with van der Waals surface area (Å²) in [5, 5.41) is 17.4. The third-order valence-electron chi connectivity index (χ3n) is 4.37. The van der Waals surface area contributed by atoms with Gasteiger partial charge in [0.2, 0.25) is 5.91 Å². The molecule has 2 rings (SSSR count). The summed E-state index contributed by atoms with van der Waals surface area (Å²) in [6.07, 6.45) is 6.58. The standard InChI is InChI=1S/C25H25N5O5S/c1-4-10-28-24(32)18(16-26)14-23-30(5-2)25(33)21(36-23)9-11-27-19-7-6-8-20(15-19)29-22(31)17-35-13-12-34-3/h1,6-8,11,15,27H,5,10,12-13,17H2,2-3H3,(H,28,32)(H,29,31). The minimum Gasteiger partial charge on any atom is -0.382 e. The summed E-state index contributed by atoms with van der Waals surface area (Å²) in [5.74, 6) is 1.28. The number of hydrogen-bond donors (Lipinski definition) is 3. The Balaban J connectivity index is 2.27. The fourth-order valence-electron chi connectivity index (χ4n) is 2.72. The molecule has 0 saturated carbocycles. The van der Waals surface area contributed by atoms with Gasteiger partial charge in [0.05, 0.1) is 19.8 Å². The number of nitriles is 1. The summed E-state index contributed by atoms with van der Waals surface area (Å²) in [4.78, 5) is 36.7. The van der Waals surface area contributed by atoms with Crippen LogP contribution in [0.3, 0.4) is 0 Å². The highest BCUT2D eigenvalue weighted by Crippen LogP contribution is 2.14. The summed E-state index contributed by atoms with van der Waals surface area (Å²) in [5.41, 5.74) is 6.17. The maximum Gasteiger partial charge on any atom is 0.277 e. The highest BCUT2D eigenvalue weighted by Gasteiger charge is 2.08. The van der Waals surface area contributed by atoms with Crippen molar-refractivity contribution in [1.82, 2.24) is 9.88 Å². The van der Waals surface area contributed by atoms with Crippen LogP contribution in [0.2, 0.25) is 0 Å². The van der Waals surface area contributed by atoms with E-state index >= 15 is 0 Å². The highest BCUT2D eigenvalue weighted by molar-refractivity contribution is 7.07. The zero-order chi connectivity index (χ0) is 26.3. The van der Waals surface area contributed by atoms with Gasteiger partial charge in [0.1, 0.15) is 21.9 Å². The van der Waals surface area contributed by atoms with E-state index in [-0.39, 0.29) is 34.7 Å². The van der Waals surface area contributed by atoms with Crippen LogP contribution in [0.25, 0.3) is 11.5 Å². The Kier molecular flexibility index (Phi) is 11.5. The molecule has 1 aromatic heterocycles. The number of nitrogens with one attached hydrogen (secondary N) is 3. The largest absolute Gasteiger partial charge is 0.382 e. The number of terminal acetylenes is 1. The van der Waals surface area contributed by atoms with Gasteiger partial charge in [0.25, 0.3) is 11.5 Å². The molecule has 0 radical (unpaired) electrons. The van der Waals surface area contributed by atoms with E-state index < -0.39 is 5.91 Å². The monoisotopic (exact) mass is 507 g/mol. The summed E-state index contributed by atoms with van der Waals surface area (Å²) in [6, 6.07) is 8.73. The SMILES string of the molecule is C#CCNC(=O)C(=C=c1sc(=C=CNc2cccc(NC(=O)COCCOC)c2)c(=O)n1CC)C#N. The Labute approximate surface area is 211 Å².